The average molecular weight is 395 g/mol. The molecule has 26 heavy (non-hydrogen) atoms. The molecule has 0 bridgehead atoms. The van der Waals surface area contributed by atoms with Gasteiger partial charge in [0, 0.05) is 23.7 Å². The first-order valence-corrected chi connectivity index (χ1v) is 10.3. The Morgan fingerprint density at radius 1 is 1.23 bits per heavy atom. The van der Waals surface area contributed by atoms with Crippen molar-refractivity contribution in [2.75, 3.05) is 22.4 Å². The van der Waals surface area contributed by atoms with Crippen LogP contribution in [0.15, 0.2) is 42.5 Å². The number of ether oxygens (including phenoxy) is 1. The fraction of sp³-hybridized carbons (Fsp3) is 0.278. The second kappa shape index (κ2) is 7.17. The zero-order valence-corrected chi connectivity index (χ0v) is 16.0. The highest BCUT2D eigenvalue weighted by atomic mass is 35.5. The molecule has 1 atom stereocenters. The summed E-state index contributed by atoms with van der Waals surface area (Å²) in [5.74, 6) is -0.0218. The monoisotopic (exact) mass is 394 g/mol. The van der Waals surface area contributed by atoms with E-state index in [-0.39, 0.29) is 18.9 Å². The van der Waals surface area contributed by atoms with Gasteiger partial charge in [-0.25, -0.2) is 8.42 Å². The number of hydrogen-bond acceptors (Lipinski definition) is 4. The molecule has 0 unspecified atom stereocenters. The Balaban J connectivity index is 1.86. The van der Waals surface area contributed by atoms with Crippen molar-refractivity contribution in [1.29, 1.82) is 0 Å². The predicted molar refractivity (Wildman–Crippen MR) is 102 cm³/mol. The SMILES string of the molecule is Cc1ccc(NC(=O)[C@@H]2CCN(S(C)(=O)=O)c3cc(Cl)ccc3O2)cc1. The number of sulfonamides is 1. The Morgan fingerprint density at radius 2 is 1.92 bits per heavy atom. The zero-order chi connectivity index (χ0) is 18.9. The van der Waals surface area contributed by atoms with Gasteiger partial charge in [-0.1, -0.05) is 29.3 Å². The second-order valence-corrected chi connectivity index (χ2v) is 8.54. The van der Waals surface area contributed by atoms with Gasteiger partial charge in [-0.15, -0.1) is 0 Å². The molecule has 0 aromatic heterocycles. The Bertz CT molecular complexity index is 929. The van der Waals surface area contributed by atoms with Crippen molar-refractivity contribution in [3.63, 3.8) is 0 Å². The number of fused-ring (bicyclic) bond motifs is 1. The van der Waals surface area contributed by atoms with E-state index in [4.69, 9.17) is 16.3 Å². The minimum absolute atomic E-state index is 0.123. The fourth-order valence-corrected chi connectivity index (χ4v) is 3.84. The van der Waals surface area contributed by atoms with Crippen molar-refractivity contribution in [2.45, 2.75) is 19.4 Å². The van der Waals surface area contributed by atoms with E-state index in [0.717, 1.165) is 11.8 Å². The van der Waals surface area contributed by atoms with Gasteiger partial charge in [0.05, 0.1) is 11.9 Å². The smallest absolute Gasteiger partial charge is 0.265 e. The van der Waals surface area contributed by atoms with Crippen LogP contribution in [0.25, 0.3) is 0 Å². The third-order valence-electron chi connectivity index (χ3n) is 4.07. The van der Waals surface area contributed by atoms with E-state index in [1.165, 1.54) is 10.4 Å². The first-order chi connectivity index (χ1) is 12.2. The summed E-state index contributed by atoms with van der Waals surface area (Å²) < 4.78 is 31.3. The van der Waals surface area contributed by atoms with Crippen LogP contribution < -0.4 is 14.4 Å². The van der Waals surface area contributed by atoms with E-state index >= 15 is 0 Å². The van der Waals surface area contributed by atoms with Crippen LogP contribution in [0, 0.1) is 6.92 Å². The number of carbonyl (C=O) groups is 1. The molecule has 1 amide bonds. The Labute approximate surface area is 157 Å². The minimum Gasteiger partial charge on any atom is -0.478 e. The number of halogens is 1. The van der Waals surface area contributed by atoms with E-state index in [1.54, 1.807) is 24.3 Å². The number of benzene rings is 2. The molecule has 6 nitrogen and oxygen atoms in total. The first-order valence-electron chi connectivity index (χ1n) is 8.05. The highest BCUT2D eigenvalue weighted by Gasteiger charge is 2.31. The maximum atomic E-state index is 12.6. The van der Waals surface area contributed by atoms with Gasteiger partial charge in [-0.2, -0.15) is 0 Å². The Morgan fingerprint density at radius 3 is 2.58 bits per heavy atom. The highest BCUT2D eigenvalue weighted by molar-refractivity contribution is 7.92. The number of hydrogen-bond donors (Lipinski definition) is 1. The maximum Gasteiger partial charge on any atom is 0.265 e. The summed E-state index contributed by atoms with van der Waals surface area (Å²) >= 11 is 6.01. The quantitative estimate of drug-likeness (QED) is 0.867. The molecule has 0 fully saturated rings. The van der Waals surface area contributed by atoms with Crippen molar-refractivity contribution in [1.82, 2.24) is 0 Å². The first kappa shape index (κ1) is 18.5. The summed E-state index contributed by atoms with van der Waals surface area (Å²) in [5.41, 5.74) is 2.08. The van der Waals surface area contributed by atoms with Gasteiger partial charge in [0.1, 0.15) is 5.75 Å². The van der Waals surface area contributed by atoms with Crippen LogP contribution in [0.4, 0.5) is 11.4 Å². The van der Waals surface area contributed by atoms with Crippen molar-refractivity contribution >= 4 is 38.9 Å². The number of amides is 1. The van der Waals surface area contributed by atoms with Gasteiger partial charge >= 0.3 is 0 Å². The molecule has 1 heterocycles. The standard InChI is InChI=1S/C18H19ClN2O4S/c1-12-3-6-14(7-4-12)20-18(22)17-9-10-21(26(2,23)24)15-11-13(19)5-8-16(15)25-17/h3-8,11,17H,9-10H2,1-2H3,(H,20,22)/t17-/m0/s1. The summed E-state index contributed by atoms with van der Waals surface area (Å²) in [7, 11) is -3.53. The molecule has 3 rings (SSSR count). The fourth-order valence-electron chi connectivity index (χ4n) is 2.74. The molecular formula is C18H19ClN2O4S. The summed E-state index contributed by atoms with van der Waals surface area (Å²) in [4.78, 5) is 12.6. The van der Waals surface area contributed by atoms with Crippen LogP contribution in [0.2, 0.25) is 5.02 Å². The molecule has 0 saturated carbocycles. The number of aryl methyl sites for hydroxylation is 1. The number of nitrogens with one attached hydrogen (secondary N) is 1. The van der Waals surface area contributed by atoms with Gasteiger partial charge in [-0.3, -0.25) is 9.10 Å². The number of anilines is 2. The lowest BCUT2D eigenvalue weighted by atomic mass is 10.2. The van der Waals surface area contributed by atoms with Crippen LogP contribution in [0.3, 0.4) is 0 Å². The molecule has 2 aromatic rings. The lowest BCUT2D eigenvalue weighted by Gasteiger charge is -2.21. The Hall–Kier alpha value is -2.25. The summed E-state index contributed by atoms with van der Waals surface area (Å²) in [6.45, 7) is 2.08. The molecule has 0 radical (unpaired) electrons. The third kappa shape index (κ3) is 4.11. The van der Waals surface area contributed by atoms with Crippen LogP contribution >= 0.6 is 11.6 Å². The molecule has 0 aliphatic carbocycles. The van der Waals surface area contributed by atoms with Gasteiger partial charge in [-0.05, 0) is 37.3 Å². The molecule has 0 spiro atoms. The van der Waals surface area contributed by atoms with Gasteiger partial charge in [0.2, 0.25) is 10.0 Å². The van der Waals surface area contributed by atoms with Gasteiger partial charge < -0.3 is 10.1 Å². The van der Waals surface area contributed by atoms with Gasteiger partial charge in [0.25, 0.3) is 5.91 Å². The van der Waals surface area contributed by atoms with Crippen molar-refractivity contribution < 1.29 is 17.9 Å². The zero-order valence-electron chi connectivity index (χ0n) is 14.4. The largest absolute Gasteiger partial charge is 0.478 e. The molecule has 2 aromatic carbocycles. The lowest BCUT2D eigenvalue weighted by Crippen LogP contribution is -2.35. The maximum absolute atomic E-state index is 12.6. The predicted octanol–water partition coefficient (Wildman–Crippen LogP) is 3.20. The van der Waals surface area contributed by atoms with Crippen LogP contribution in [-0.2, 0) is 14.8 Å². The lowest BCUT2D eigenvalue weighted by molar-refractivity contribution is -0.122. The van der Waals surface area contributed by atoms with Crippen LogP contribution in [0.5, 0.6) is 5.75 Å². The average Bonchev–Trinajstić information content (AvgIpc) is 2.76. The normalized spacial score (nSPS) is 17.0. The van der Waals surface area contributed by atoms with Crippen LogP contribution in [0.1, 0.15) is 12.0 Å². The Kier molecular flexibility index (Phi) is 5.11. The number of rotatable bonds is 3. The molecule has 1 aliphatic rings. The van der Waals surface area contributed by atoms with Crippen molar-refractivity contribution in [3.8, 4) is 5.75 Å². The molecule has 0 saturated heterocycles. The van der Waals surface area contributed by atoms with E-state index in [9.17, 15) is 13.2 Å². The van der Waals surface area contributed by atoms with E-state index in [1.807, 2.05) is 19.1 Å². The number of carbonyl (C=O) groups excluding carboxylic acids is 1. The van der Waals surface area contributed by atoms with Gasteiger partial charge in [0.15, 0.2) is 6.10 Å². The van der Waals surface area contributed by atoms with E-state index < -0.39 is 16.1 Å². The van der Waals surface area contributed by atoms with E-state index in [2.05, 4.69) is 5.32 Å². The summed E-state index contributed by atoms with van der Waals surface area (Å²) in [6.07, 6.45) is 0.518. The summed E-state index contributed by atoms with van der Waals surface area (Å²) in [6, 6.07) is 12.1. The third-order valence-corrected chi connectivity index (χ3v) is 5.48. The van der Waals surface area contributed by atoms with Crippen LogP contribution in [-0.4, -0.2) is 33.2 Å². The molecule has 8 heteroatoms. The number of nitrogens with zero attached hydrogens (tertiary/aromatic N) is 1. The molecule has 1 aliphatic heterocycles. The molecule has 1 N–H and O–H groups in total. The summed E-state index contributed by atoms with van der Waals surface area (Å²) in [5, 5.41) is 3.20. The van der Waals surface area contributed by atoms with Crippen molar-refractivity contribution in [3.05, 3.63) is 53.1 Å². The van der Waals surface area contributed by atoms with E-state index in [0.29, 0.717) is 22.1 Å². The molecule has 138 valence electrons. The van der Waals surface area contributed by atoms with Crippen molar-refractivity contribution in [2.24, 2.45) is 0 Å². The topological polar surface area (TPSA) is 75.7 Å². The second-order valence-electron chi connectivity index (χ2n) is 6.20. The highest BCUT2D eigenvalue weighted by Crippen LogP contribution is 2.36. The molecular weight excluding hydrogens is 376 g/mol. The minimum atomic E-state index is -3.53.